The number of nitrogens with zero attached hydrogens (tertiary/aromatic N) is 2. The number of rotatable bonds is 5. The molecule has 4 nitrogen and oxygen atoms in total. The van der Waals surface area contributed by atoms with Gasteiger partial charge in [0.25, 0.3) is 0 Å². The maximum atomic E-state index is 4.62. The predicted octanol–water partition coefficient (Wildman–Crippen LogP) is 2.35. The SMILES string of the molecule is C1CCC(c2n[nH]c(CNCC3CC3)n2)CC1. The van der Waals surface area contributed by atoms with Gasteiger partial charge in [0.1, 0.15) is 5.82 Å². The summed E-state index contributed by atoms with van der Waals surface area (Å²) in [6.45, 7) is 1.98. The van der Waals surface area contributed by atoms with Gasteiger partial charge in [-0.15, -0.1) is 0 Å². The van der Waals surface area contributed by atoms with E-state index in [2.05, 4.69) is 20.5 Å². The van der Waals surface area contributed by atoms with Gasteiger partial charge in [-0.2, -0.15) is 5.10 Å². The fourth-order valence-corrected chi connectivity index (χ4v) is 2.65. The summed E-state index contributed by atoms with van der Waals surface area (Å²) >= 11 is 0. The maximum absolute atomic E-state index is 4.62. The first kappa shape index (κ1) is 11.2. The van der Waals surface area contributed by atoms with Crippen LogP contribution < -0.4 is 5.32 Å². The number of hydrogen-bond donors (Lipinski definition) is 2. The summed E-state index contributed by atoms with van der Waals surface area (Å²) in [5, 5.41) is 10.9. The fraction of sp³-hybridized carbons (Fsp3) is 0.846. The highest BCUT2D eigenvalue weighted by Crippen LogP contribution is 2.30. The summed E-state index contributed by atoms with van der Waals surface area (Å²) in [5.74, 6) is 3.59. The van der Waals surface area contributed by atoms with Crippen molar-refractivity contribution in [2.45, 2.75) is 57.4 Å². The normalized spacial score (nSPS) is 21.9. The van der Waals surface area contributed by atoms with Gasteiger partial charge in [-0.1, -0.05) is 19.3 Å². The number of aromatic amines is 1. The van der Waals surface area contributed by atoms with Crippen LogP contribution in [0, 0.1) is 5.92 Å². The average molecular weight is 234 g/mol. The Hall–Kier alpha value is -0.900. The maximum Gasteiger partial charge on any atom is 0.153 e. The lowest BCUT2D eigenvalue weighted by atomic mass is 9.89. The van der Waals surface area contributed by atoms with Crippen LogP contribution in [-0.4, -0.2) is 21.7 Å². The van der Waals surface area contributed by atoms with E-state index in [-0.39, 0.29) is 0 Å². The van der Waals surface area contributed by atoms with Gasteiger partial charge < -0.3 is 5.32 Å². The zero-order valence-electron chi connectivity index (χ0n) is 10.4. The van der Waals surface area contributed by atoms with Crippen LogP contribution in [0.15, 0.2) is 0 Å². The second kappa shape index (κ2) is 5.17. The molecule has 17 heavy (non-hydrogen) atoms. The van der Waals surface area contributed by atoms with Crippen LogP contribution in [0.1, 0.15) is 62.5 Å². The lowest BCUT2D eigenvalue weighted by molar-refractivity contribution is 0.429. The largest absolute Gasteiger partial charge is 0.310 e. The average Bonchev–Trinajstić information content (AvgIpc) is 3.07. The topological polar surface area (TPSA) is 53.6 Å². The molecular weight excluding hydrogens is 212 g/mol. The van der Waals surface area contributed by atoms with Gasteiger partial charge in [0, 0.05) is 5.92 Å². The number of H-pyrrole nitrogens is 1. The van der Waals surface area contributed by atoms with Crippen molar-refractivity contribution in [3.8, 4) is 0 Å². The Balaban J connectivity index is 1.49. The second-order valence-corrected chi connectivity index (χ2v) is 5.55. The summed E-state index contributed by atoms with van der Waals surface area (Å²) in [6.07, 6.45) is 9.41. The van der Waals surface area contributed by atoms with Crippen LogP contribution in [0.5, 0.6) is 0 Å². The molecule has 1 heterocycles. The van der Waals surface area contributed by atoms with E-state index < -0.39 is 0 Å². The summed E-state index contributed by atoms with van der Waals surface area (Å²) in [5.41, 5.74) is 0. The van der Waals surface area contributed by atoms with Crippen LogP contribution in [0.3, 0.4) is 0 Å². The van der Waals surface area contributed by atoms with Crippen molar-refractivity contribution in [2.24, 2.45) is 5.92 Å². The molecule has 0 radical (unpaired) electrons. The van der Waals surface area contributed by atoms with Crippen molar-refractivity contribution in [3.63, 3.8) is 0 Å². The molecule has 0 spiro atoms. The molecule has 0 unspecified atom stereocenters. The van der Waals surface area contributed by atoms with Crippen molar-refractivity contribution in [1.82, 2.24) is 20.5 Å². The molecule has 94 valence electrons. The van der Waals surface area contributed by atoms with Crippen molar-refractivity contribution in [2.75, 3.05) is 6.54 Å². The number of aromatic nitrogens is 3. The van der Waals surface area contributed by atoms with Crippen molar-refractivity contribution < 1.29 is 0 Å². The van der Waals surface area contributed by atoms with Gasteiger partial charge in [0.15, 0.2) is 5.82 Å². The molecule has 0 aliphatic heterocycles. The van der Waals surface area contributed by atoms with Gasteiger partial charge in [0.2, 0.25) is 0 Å². The fourth-order valence-electron chi connectivity index (χ4n) is 2.65. The molecule has 2 saturated carbocycles. The molecule has 4 heteroatoms. The summed E-state index contributed by atoms with van der Waals surface area (Å²) in [4.78, 5) is 4.62. The van der Waals surface area contributed by atoms with Crippen LogP contribution in [0.2, 0.25) is 0 Å². The van der Waals surface area contributed by atoms with Crippen molar-refractivity contribution in [1.29, 1.82) is 0 Å². The Kier molecular flexibility index (Phi) is 3.41. The van der Waals surface area contributed by atoms with Gasteiger partial charge in [-0.3, -0.25) is 5.10 Å². The van der Waals surface area contributed by atoms with Gasteiger partial charge >= 0.3 is 0 Å². The van der Waals surface area contributed by atoms with E-state index in [9.17, 15) is 0 Å². The molecule has 1 aromatic rings. The third-order valence-corrected chi connectivity index (χ3v) is 3.94. The lowest BCUT2D eigenvalue weighted by Crippen LogP contribution is -2.17. The van der Waals surface area contributed by atoms with Gasteiger partial charge in [-0.05, 0) is 38.1 Å². The van der Waals surface area contributed by atoms with Gasteiger partial charge in [0.05, 0.1) is 6.54 Å². The van der Waals surface area contributed by atoms with E-state index in [0.717, 1.165) is 30.7 Å². The first-order valence-electron chi connectivity index (χ1n) is 7.04. The summed E-state index contributed by atoms with van der Waals surface area (Å²) in [6, 6.07) is 0. The Bertz CT molecular complexity index is 350. The van der Waals surface area contributed by atoms with E-state index in [1.165, 1.54) is 44.9 Å². The highest BCUT2D eigenvalue weighted by Gasteiger charge is 2.21. The molecule has 2 aliphatic carbocycles. The van der Waals surface area contributed by atoms with E-state index in [4.69, 9.17) is 0 Å². The zero-order valence-corrected chi connectivity index (χ0v) is 10.4. The quantitative estimate of drug-likeness (QED) is 0.822. The molecule has 2 N–H and O–H groups in total. The highest BCUT2D eigenvalue weighted by atomic mass is 15.2. The Morgan fingerprint density at radius 3 is 2.71 bits per heavy atom. The molecule has 0 atom stereocenters. The standard InChI is InChI=1S/C13H22N4/c1-2-4-11(5-3-1)13-15-12(16-17-13)9-14-8-10-6-7-10/h10-11,14H,1-9H2,(H,15,16,17). The summed E-state index contributed by atoms with van der Waals surface area (Å²) in [7, 11) is 0. The second-order valence-electron chi connectivity index (χ2n) is 5.55. The molecule has 3 rings (SSSR count). The minimum atomic E-state index is 0.609. The molecule has 2 fully saturated rings. The van der Waals surface area contributed by atoms with Crippen LogP contribution in [0.4, 0.5) is 0 Å². The molecule has 0 bridgehead atoms. The first-order chi connectivity index (χ1) is 8.42. The van der Waals surface area contributed by atoms with Crippen LogP contribution in [-0.2, 0) is 6.54 Å². The molecule has 2 aliphatic rings. The van der Waals surface area contributed by atoms with Gasteiger partial charge in [-0.25, -0.2) is 4.98 Å². The van der Waals surface area contributed by atoms with E-state index in [1.807, 2.05) is 0 Å². The monoisotopic (exact) mass is 234 g/mol. The molecule has 1 aromatic heterocycles. The number of hydrogen-bond acceptors (Lipinski definition) is 3. The summed E-state index contributed by atoms with van der Waals surface area (Å²) < 4.78 is 0. The molecular formula is C13H22N4. The zero-order chi connectivity index (χ0) is 11.5. The highest BCUT2D eigenvalue weighted by molar-refractivity contribution is 4.99. The number of nitrogens with one attached hydrogen (secondary N) is 2. The molecule has 0 saturated heterocycles. The minimum Gasteiger partial charge on any atom is -0.310 e. The van der Waals surface area contributed by atoms with E-state index >= 15 is 0 Å². The Morgan fingerprint density at radius 2 is 1.94 bits per heavy atom. The molecule has 0 aromatic carbocycles. The van der Waals surface area contributed by atoms with Crippen molar-refractivity contribution in [3.05, 3.63) is 11.6 Å². The first-order valence-corrected chi connectivity index (χ1v) is 7.04. The third kappa shape index (κ3) is 3.06. The predicted molar refractivity (Wildman–Crippen MR) is 66.6 cm³/mol. The Morgan fingerprint density at radius 1 is 1.12 bits per heavy atom. The van der Waals surface area contributed by atoms with Crippen LogP contribution >= 0.6 is 0 Å². The lowest BCUT2D eigenvalue weighted by Gasteiger charge is -2.18. The Labute approximate surface area is 103 Å². The minimum absolute atomic E-state index is 0.609. The molecule has 0 amide bonds. The van der Waals surface area contributed by atoms with Crippen LogP contribution in [0.25, 0.3) is 0 Å². The smallest absolute Gasteiger partial charge is 0.153 e. The van der Waals surface area contributed by atoms with E-state index in [1.54, 1.807) is 0 Å². The van der Waals surface area contributed by atoms with E-state index in [0.29, 0.717) is 5.92 Å². The van der Waals surface area contributed by atoms with Crippen molar-refractivity contribution >= 4 is 0 Å². The third-order valence-electron chi connectivity index (χ3n) is 3.94.